The maximum absolute atomic E-state index is 13.7. The van der Waals surface area contributed by atoms with Crippen LogP contribution in [0.25, 0.3) is 109 Å². The van der Waals surface area contributed by atoms with Crippen molar-refractivity contribution in [3.8, 4) is 0 Å². The van der Waals surface area contributed by atoms with Crippen LogP contribution in [0.3, 0.4) is 0 Å². The van der Waals surface area contributed by atoms with Crippen LogP contribution in [0.15, 0.2) is 245 Å². The number of pyridine rings is 4. The summed E-state index contributed by atoms with van der Waals surface area (Å²) >= 11 is 21.1. The highest BCUT2D eigenvalue weighted by Gasteiger charge is 2.35. The third-order valence-corrected chi connectivity index (χ3v) is 23.3. The van der Waals surface area contributed by atoms with E-state index >= 15 is 0 Å². The predicted octanol–water partition coefficient (Wildman–Crippen LogP) is 19.3. The van der Waals surface area contributed by atoms with Gasteiger partial charge in [-0.05, 0) is 185 Å². The number of rotatable bonds is 5. The van der Waals surface area contributed by atoms with E-state index in [2.05, 4.69) is 133 Å². The summed E-state index contributed by atoms with van der Waals surface area (Å²) in [5.41, 5.74) is 11.1. The highest BCUT2D eigenvalue weighted by Crippen LogP contribution is 2.43. The second-order valence-electron chi connectivity index (χ2n) is 27.7. The molecule has 6 N–H and O–H groups in total. The molecule has 5 amide bonds. The van der Waals surface area contributed by atoms with Gasteiger partial charge in [0.05, 0.1) is 27.6 Å². The Labute approximate surface area is 665 Å². The fraction of sp³-hybridized carbons (Fsp3) is 0.188. The Hall–Kier alpha value is -11.3. The fourth-order valence-corrected chi connectivity index (χ4v) is 18.1. The van der Waals surface area contributed by atoms with Crippen molar-refractivity contribution in [2.45, 2.75) is 102 Å². The Morgan fingerprint density at radius 2 is 0.901 bits per heavy atom. The number of fused-ring (bicyclic) bond motifs is 15. The molecule has 10 aromatic heterocycles. The van der Waals surface area contributed by atoms with Gasteiger partial charge >= 0.3 is 0 Å². The molecule has 15 heterocycles. The second kappa shape index (κ2) is 30.9. The Balaban J connectivity index is 0.000000110. The molecule has 15 aromatic rings. The molecule has 26 heteroatoms. The number of amides is 5. The van der Waals surface area contributed by atoms with Gasteiger partial charge < -0.3 is 54.4 Å². The zero-order valence-corrected chi connectivity index (χ0v) is 64.5. The monoisotopic (exact) mass is 1660 g/mol. The lowest BCUT2D eigenvalue weighted by molar-refractivity contribution is -0.125. The fourth-order valence-electron chi connectivity index (χ4n) is 15.9. The molecule has 5 aliphatic heterocycles. The number of para-hydroxylation sites is 1. The minimum Gasteiger partial charge on any atom is -0.329 e. The zero-order chi connectivity index (χ0) is 76.5. The summed E-state index contributed by atoms with van der Waals surface area (Å²) in [6.07, 6.45) is 12.4. The van der Waals surface area contributed by atoms with Crippen LogP contribution < -0.4 is 32.1 Å². The molecule has 0 spiro atoms. The normalized spacial score (nSPS) is 18.7. The van der Waals surface area contributed by atoms with E-state index in [0.29, 0.717) is 59.0 Å². The maximum Gasteiger partial charge on any atom is 0.272 e. The lowest BCUT2D eigenvalue weighted by Crippen LogP contribution is -2.36. The van der Waals surface area contributed by atoms with E-state index < -0.39 is 12.1 Å². The van der Waals surface area contributed by atoms with Gasteiger partial charge in [-0.25, -0.2) is 19.3 Å². The SMILES string of the molecule is C.C=C1CCC(n2c3cc(Cl)ccc3c3cccnc32)C(=O)N1.C=C1CCC(n2c3cc(F)ccc3c3cccnc32)C(=O)N1.C=C1CCC(n2c3ccc(Br)cc3c3ccc(Cl)nc32)C(=O)N1.C=C1CCC(n2c3cccc(Br)c3c3ccsc32)C(=O)N1.C=C1CCC(n2c3ccccc3c3cc[nH]c(=O)c32)C(=O)N1. The van der Waals surface area contributed by atoms with Crippen molar-refractivity contribution in [2.75, 3.05) is 0 Å². The molecule has 5 aliphatic rings. The summed E-state index contributed by atoms with van der Waals surface area (Å²) in [7, 11) is 0. The number of benzene rings is 5. The van der Waals surface area contributed by atoms with Gasteiger partial charge in [-0.2, -0.15) is 0 Å². The highest BCUT2D eigenvalue weighted by molar-refractivity contribution is 9.11. The van der Waals surface area contributed by atoms with Crippen LogP contribution >= 0.6 is 66.4 Å². The van der Waals surface area contributed by atoms with Crippen molar-refractivity contribution in [1.82, 2.24) is 69.4 Å². The summed E-state index contributed by atoms with van der Waals surface area (Å²) < 4.78 is 25.7. The lowest BCUT2D eigenvalue weighted by atomic mass is 10.0. The molecule has 111 heavy (non-hydrogen) atoms. The minimum absolute atomic E-state index is 0. The molecule has 5 aromatic carbocycles. The van der Waals surface area contributed by atoms with E-state index in [4.69, 9.17) is 23.2 Å². The Bertz CT molecular complexity index is 6370. The van der Waals surface area contributed by atoms with Crippen LogP contribution in [0.4, 0.5) is 4.39 Å². The summed E-state index contributed by atoms with van der Waals surface area (Å²) in [6, 6.07) is 44.3. The van der Waals surface area contributed by atoms with Crippen molar-refractivity contribution in [2.24, 2.45) is 0 Å². The van der Waals surface area contributed by atoms with Gasteiger partial charge in [0.25, 0.3) is 5.56 Å². The number of thiophene rings is 1. The molecule has 5 atom stereocenters. The summed E-state index contributed by atoms with van der Waals surface area (Å²) in [6.45, 7) is 19.2. The van der Waals surface area contributed by atoms with Crippen molar-refractivity contribution < 1.29 is 28.4 Å². The Morgan fingerprint density at radius 3 is 1.47 bits per heavy atom. The van der Waals surface area contributed by atoms with Crippen LogP contribution in [0.1, 0.15) is 102 Å². The van der Waals surface area contributed by atoms with Crippen molar-refractivity contribution in [1.29, 1.82) is 0 Å². The van der Waals surface area contributed by atoms with E-state index in [1.165, 1.54) is 22.9 Å². The maximum atomic E-state index is 13.7. The molecule has 0 bridgehead atoms. The van der Waals surface area contributed by atoms with Gasteiger partial charge in [-0.3, -0.25) is 28.8 Å². The van der Waals surface area contributed by atoms with Gasteiger partial charge in [-0.15, -0.1) is 11.3 Å². The Kier molecular flexibility index (Phi) is 20.9. The van der Waals surface area contributed by atoms with Crippen LogP contribution in [0.5, 0.6) is 0 Å². The molecule has 20 nitrogen and oxygen atoms in total. The van der Waals surface area contributed by atoms with E-state index in [0.717, 1.165) is 151 Å². The van der Waals surface area contributed by atoms with Crippen LogP contribution in [0.2, 0.25) is 10.2 Å². The average Bonchev–Trinajstić information content (AvgIpc) is 1.55. The minimum atomic E-state index is -0.401. The van der Waals surface area contributed by atoms with E-state index in [1.807, 2.05) is 127 Å². The number of piperidine rings is 5. The number of carbonyl (C=O) groups is 5. The highest BCUT2D eigenvalue weighted by atomic mass is 79.9. The first-order chi connectivity index (χ1) is 53.2. The van der Waals surface area contributed by atoms with Crippen LogP contribution in [-0.2, 0) is 24.0 Å². The molecule has 5 fully saturated rings. The van der Waals surface area contributed by atoms with Crippen LogP contribution in [-0.4, -0.2) is 72.3 Å². The number of aromatic nitrogens is 9. The second-order valence-corrected chi connectivity index (χ2v) is 31.2. The standard InChI is InChI=1S/C17H13BrClN3O.C17H14ClN3O.C17H14FN3O.C17H15N3O2.C16H13BrN2OS.CH4/c1-9-2-5-14(17(23)20-9)22-13-6-3-10(18)8-12(13)11-4-7-15(19)21-16(11)22;2*1-10-4-7-14(17(22)20-10)21-15-9-11(18)5-6-12(15)13-3-2-8-19-16(13)21;1-10-6-7-14(16(21)19-10)20-13-5-3-2-4-11(13)12-8-9-18-17(22)15(12)20;1-9-5-6-13(15(20)18-9)19-12-4-2-3-11(17)14(12)10-7-8-21-16(10)19;/h3-4,6-8,14H,1-2,5H2,(H,20,23);2*2-3,5-6,8-9,14H,1,4,7H2,(H,20,22);2-5,8-9,14H,1,6-7H2,(H,18,22)(H,19,21);2-4,7-8,13H,1,5-6H2,(H,18,20);1H4. The number of halogens is 5. The Morgan fingerprint density at radius 1 is 0.432 bits per heavy atom. The number of hydrogen-bond donors (Lipinski definition) is 6. The van der Waals surface area contributed by atoms with Crippen LogP contribution in [0, 0.1) is 5.82 Å². The van der Waals surface area contributed by atoms with Gasteiger partial charge in [-0.1, -0.05) is 126 Å². The molecule has 0 radical (unpaired) electrons. The largest absolute Gasteiger partial charge is 0.329 e. The van der Waals surface area contributed by atoms with E-state index in [-0.39, 0.29) is 66.5 Å². The molecular weight excluding hydrogens is 1590 g/mol. The van der Waals surface area contributed by atoms with Crippen molar-refractivity contribution in [3.63, 3.8) is 0 Å². The molecule has 5 saturated heterocycles. The van der Waals surface area contributed by atoms with Crippen molar-refractivity contribution >= 4 is 205 Å². The molecule has 0 aliphatic carbocycles. The number of allylic oxidation sites excluding steroid dienone is 5. The smallest absolute Gasteiger partial charge is 0.272 e. The van der Waals surface area contributed by atoms with Gasteiger partial charge in [0.2, 0.25) is 29.5 Å². The number of nitrogens with zero attached hydrogens (tertiary/aromatic N) is 8. The molecule has 560 valence electrons. The topological polar surface area (TPSA) is 242 Å². The number of nitrogens with one attached hydrogen (secondary N) is 6. The van der Waals surface area contributed by atoms with Crippen molar-refractivity contribution in [3.05, 3.63) is 266 Å². The number of H-pyrrole nitrogens is 1. The summed E-state index contributed by atoms with van der Waals surface area (Å²) in [5, 5.41) is 27.5. The first kappa shape index (κ1) is 75.1. The molecule has 0 saturated carbocycles. The van der Waals surface area contributed by atoms with E-state index in [9.17, 15) is 33.2 Å². The van der Waals surface area contributed by atoms with Gasteiger partial charge in [0.15, 0.2) is 0 Å². The third-order valence-electron chi connectivity index (χ3n) is 20.8. The third kappa shape index (κ3) is 14.0. The lowest BCUT2D eigenvalue weighted by Gasteiger charge is -2.26. The molecular formula is C85H73Br2Cl2FN14O6S. The quantitative estimate of drug-likeness (QED) is 0.0897. The first-order valence-corrected chi connectivity index (χ1v) is 38.9. The van der Waals surface area contributed by atoms with Gasteiger partial charge in [0, 0.05) is 115 Å². The number of hydrogen-bond acceptors (Lipinski definition) is 10. The summed E-state index contributed by atoms with van der Waals surface area (Å²) in [5.74, 6) is -0.604. The predicted molar refractivity (Wildman–Crippen MR) is 449 cm³/mol. The van der Waals surface area contributed by atoms with E-state index in [1.54, 1.807) is 42.1 Å². The first-order valence-electron chi connectivity index (χ1n) is 35.7. The van der Waals surface area contributed by atoms with Gasteiger partial charge in [0.1, 0.15) is 68.5 Å². The number of aromatic amines is 1. The summed E-state index contributed by atoms with van der Waals surface area (Å²) in [4.78, 5) is 91.7. The average molecular weight is 1670 g/mol. The zero-order valence-electron chi connectivity index (χ0n) is 59.0. The molecule has 5 unspecified atom stereocenters. The number of carbonyl (C=O) groups excluding carboxylic acids is 5. The molecule has 20 rings (SSSR count).